The minimum atomic E-state index is -0.156. The van der Waals surface area contributed by atoms with Crippen LogP contribution in [0.5, 0.6) is 11.5 Å². The number of carbonyl (C=O) groups excluding carboxylic acids is 1. The third-order valence-electron chi connectivity index (χ3n) is 5.20. The van der Waals surface area contributed by atoms with Gasteiger partial charge in [0.1, 0.15) is 17.3 Å². The van der Waals surface area contributed by atoms with Crippen molar-refractivity contribution < 1.29 is 14.3 Å². The number of hydrogen-bond donors (Lipinski definition) is 1. The molecule has 0 aliphatic carbocycles. The molecule has 4 rings (SSSR count). The molecule has 0 spiro atoms. The van der Waals surface area contributed by atoms with Crippen LogP contribution in [0.2, 0.25) is 0 Å². The summed E-state index contributed by atoms with van der Waals surface area (Å²) in [5, 5.41) is 7.58. The highest BCUT2D eigenvalue weighted by molar-refractivity contribution is 5.94. The van der Waals surface area contributed by atoms with Crippen LogP contribution in [0.3, 0.4) is 0 Å². The Bertz CT molecular complexity index is 1030. The van der Waals surface area contributed by atoms with Crippen molar-refractivity contribution in [1.82, 2.24) is 9.78 Å². The van der Waals surface area contributed by atoms with Gasteiger partial charge in [0, 0.05) is 23.5 Å². The van der Waals surface area contributed by atoms with Crippen molar-refractivity contribution in [2.45, 2.75) is 25.7 Å². The van der Waals surface area contributed by atoms with Gasteiger partial charge in [-0.25, -0.2) is 4.68 Å². The van der Waals surface area contributed by atoms with E-state index < -0.39 is 0 Å². The van der Waals surface area contributed by atoms with Crippen molar-refractivity contribution in [1.29, 1.82) is 0 Å². The van der Waals surface area contributed by atoms with Crippen molar-refractivity contribution in [3.63, 3.8) is 0 Å². The first kappa shape index (κ1) is 18.1. The molecule has 1 atom stereocenters. The number of amides is 1. The lowest BCUT2D eigenvalue weighted by atomic mass is 9.86. The highest BCUT2D eigenvalue weighted by atomic mass is 16.5. The number of nitrogens with zero attached hydrogens (tertiary/aromatic N) is 2. The SMILES string of the molecule is CCc1cccc(-n2ncc3c2NC(=O)CC3c2cc(OC)ccc2OC)c1. The zero-order chi connectivity index (χ0) is 19.7. The van der Waals surface area contributed by atoms with Crippen molar-refractivity contribution in [2.24, 2.45) is 0 Å². The molecule has 1 aromatic heterocycles. The molecule has 0 saturated heterocycles. The monoisotopic (exact) mass is 377 g/mol. The molecular weight excluding hydrogens is 354 g/mol. The molecule has 6 heteroatoms. The molecule has 0 fully saturated rings. The van der Waals surface area contributed by atoms with Crippen LogP contribution < -0.4 is 14.8 Å². The second kappa shape index (κ2) is 7.38. The molecule has 1 aliphatic rings. The fourth-order valence-electron chi connectivity index (χ4n) is 3.71. The molecule has 1 N–H and O–H groups in total. The van der Waals surface area contributed by atoms with Gasteiger partial charge in [-0.1, -0.05) is 19.1 Å². The number of benzene rings is 2. The van der Waals surface area contributed by atoms with E-state index in [4.69, 9.17) is 9.47 Å². The largest absolute Gasteiger partial charge is 0.497 e. The van der Waals surface area contributed by atoms with Gasteiger partial charge in [0.25, 0.3) is 0 Å². The van der Waals surface area contributed by atoms with Gasteiger partial charge < -0.3 is 14.8 Å². The first-order chi connectivity index (χ1) is 13.6. The topological polar surface area (TPSA) is 65.4 Å². The van der Waals surface area contributed by atoms with E-state index in [-0.39, 0.29) is 11.8 Å². The fraction of sp³-hybridized carbons (Fsp3) is 0.273. The van der Waals surface area contributed by atoms with Gasteiger partial charge in [0.15, 0.2) is 0 Å². The number of methoxy groups -OCH3 is 2. The zero-order valence-electron chi connectivity index (χ0n) is 16.2. The van der Waals surface area contributed by atoms with Crippen LogP contribution in [0.25, 0.3) is 5.69 Å². The highest BCUT2D eigenvalue weighted by Crippen LogP contribution is 2.42. The molecule has 6 nitrogen and oxygen atoms in total. The second-order valence-electron chi connectivity index (χ2n) is 6.80. The van der Waals surface area contributed by atoms with Gasteiger partial charge in [-0.05, 0) is 42.3 Å². The maximum Gasteiger partial charge on any atom is 0.226 e. The molecule has 0 saturated carbocycles. The number of hydrogen-bond acceptors (Lipinski definition) is 4. The standard InChI is InChI=1S/C22H23N3O3/c1-4-14-6-5-7-15(10-14)25-22-19(13-23-25)17(12-21(26)24-22)18-11-16(27-2)8-9-20(18)28-3/h5-11,13,17H,4,12H2,1-3H3,(H,24,26). The summed E-state index contributed by atoms with van der Waals surface area (Å²) >= 11 is 0. The predicted molar refractivity (Wildman–Crippen MR) is 108 cm³/mol. The molecular formula is C22H23N3O3. The molecule has 3 aromatic rings. The van der Waals surface area contributed by atoms with E-state index in [0.29, 0.717) is 12.2 Å². The van der Waals surface area contributed by atoms with Crippen LogP contribution in [0.1, 0.15) is 36.0 Å². The minimum absolute atomic E-state index is 0.0456. The first-order valence-electron chi connectivity index (χ1n) is 9.33. The predicted octanol–water partition coefficient (Wildman–Crippen LogP) is 3.93. The van der Waals surface area contributed by atoms with E-state index >= 15 is 0 Å². The molecule has 0 radical (unpaired) electrons. The van der Waals surface area contributed by atoms with Crippen LogP contribution in [0, 0.1) is 0 Å². The Balaban J connectivity index is 1.83. The zero-order valence-corrected chi connectivity index (χ0v) is 16.2. The Labute approximate surface area is 164 Å². The summed E-state index contributed by atoms with van der Waals surface area (Å²) in [7, 11) is 3.26. The van der Waals surface area contributed by atoms with Crippen molar-refractivity contribution in [3.05, 3.63) is 65.4 Å². The quantitative estimate of drug-likeness (QED) is 0.732. The molecule has 1 amide bonds. The Morgan fingerprint density at radius 3 is 2.75 bits per heavy atom. The van der Waals surface area contributed by atoms with Gasteiger partial charge in [-0.15, -0.1) is 0 Å². The number of aromatic nitrogens is 2. The summed E-state index contributed by atoms with van der Waals surface area (Å²) < 4.78 is 12.7. The Morgan fingerprint density at radius 2 is 2.00 bits per heavy atom. The lowest BCUT2D eigenvalue weighted by Gasteiger charge is -2.25. The van der Waals surface area contributed by atoms with Gasteiger partial charge >= 0.3 is 0 Å². The number of nitrogens with one attached hydrogen (secondary N) is 1. The molecule has 2 aromatic carbocycles. The number of ether oxygens (including phenoxy) is 2. The van der Waals surface area contributed by atoms with Crippen LogP contribution >= 0.6 is 0 Å². The van der Waals surface area contributed by atoms with Gasteiger partial charge in [0.05, 0.1) is 26.1 Å². The van der Waals surface area contributed by atoms with Crippen LogP contribution in [-0.2, 0) is 11.2 Å². The van der Waals surface area contributed by atoms with Crippen LogP contribution in [-0.4, -0.2) is 29.9 Å². The maximum atomic E-state index is 12.5. The highest BCUT2D eigenvalue weighted by Gasteiger charge is 2.32. The molecule has 144 valence electrons. The lowest BCUT2D eigenvalue weighted by molar-refractivity contribution is -0.116. The number of fused-ring (bicyclic) bond motifs is 1. The summed E-state index contributed by atoms with van der Waals surface area (Å²) in [6.07, 6.45) is 3.10. The van der Waals surface area contributed by atoms with Crippen LogP contribution in [0.15, 0.2) is 48.7 Å². The van der Waals surface area contributed by atoms with E-state index in [1.807, 2.05) is 36.5 Å². The van der Waals surface area contributed by atoms with Crippen LogP contribution in [0.4, 0.5) is 5.82 Å². The molecule has 28 heavy (non-hydrogen) atoms. The Kier molecular flexibility index (Phi) is 4.77. The average molecular weight is 377 g/mol. The van der Waals surface area contributed by atoms with E-state index in [1.54, 1.807) is 18.9 Å². The van der Waals surface area contributed by atoms with E-state index in [0.717, 1.165) is 34.7 Å². The molecule has 1 aliphatic heterocycles. The number of aryl methyl sites for hydroxylation is 1. The summed E-state index contributed by atoms with van der Waals surface area (Å²) in [5.41, 5.74) is 4.03. The fourth-order valence-corrected chi connectivity index (χ4v) is 3.71. The van der Waals surface area contributed by atoms with Crippen molar-refractivity contribution >= 4 is 11.7 Å². The summed E-state index contributed by atoms with van der Waals surface area (Å²) in [5.74, 6) is 1.96. The van der Waals surface area contributed by atoms with Crippen molar-refractivity contribution in [2.75, 3.05) is 19.5 Å². The average Bonchev–Trinajstić information content (AvgIpc) is 3.16. The first-order valence-corrected chi connectivity index (χ1v) is 9.33. The smallest absolute Gasteiger partial charge is 0.226 e. The van der Waals surface area contributed by atoms with E-state index in [9.17, 15) is 4.79 Å². The third kappa shape index (κ3) is 3.11. The number of carbonyl (C=O) groups is 1. The number of rotatable bonds is 5. The number of anilines is 1. The van der Waals surface area contributed by atoms with Crippen molar-refractivity contribution in [3.8, 4) is 17.2 Å². The van der Waals surface area contributed by atoms with Gasteiger partial charge in [-0.2, -0.15) is 5.10 Å². The summed E-state index contributed by atoms with van der Waals surface area (Å²) in [6, 6.07) is 13.8. The Morgan fingerprint density at radius 1 is 1.14 bits per heavy atom. The normalized spacial score (nSPS) is 15.7. The van der Waals surface area contributed by atoms with Gasteiger partial charge in [0.2, 0.25) is 5.91 Å². The molecule has 1 unspecified atom stereocenters. The molecule has 2 heterocycles. The summed E-state index contributed by atoms with van der Waals surface area (Å²) in [6.45, 7) is 2.12. The Hall–Kier alpha value is -3.28. The molecule has 0 bridgehead atoms. The third-order valence-corrected chi connectivity index (χ3v) is 5.20. The second-order valence-corrected chi connectivity index (χ2v) is 6.80. The lowest BCUT2D eigenvalue weighted by Crippen LogP contribution is -2.25. The van der Waals surface area contributed by atoms with E-state index in [1.165, 1.54) is 5.56 Å². The maximum absolute atomic E-state index is 12.5. The summed E-state index contributed by atoms with van der Waals surface area (Å²) in [4.78, 5) is 12.5. The minimum Gasteiger partial charge on any atom is -0.497 e. The van der Waals surface area contributed by atoms with Gasteiger partial charge in [-0.3, -0.25) is 4.79 Å². The van der Waals surface area contributed by atoms with E-state index in [2.05, 4.69) is 29.5 Å².